The fourth-order valence-corrected chi connectivity index (χ4v) is 2.61. The number of nitrogens with zero attached hydrogens (tertiary/aromatic N) is 1. The Morgan fingerprint density at radius 1 is 1.25 bits per heavy atom. The third kappa shape index (κ3) is 2.49. The molecule has 4 heteroatoms. The van der Waals surface area contributed by atoms with Crippen molar-refractivity contribution in [2.24, 2.45) is 5.10 Å². The van der Waals surface area contributed by atoms with Crippen molar-refractivity contribution < 1.29 is 5.11 Å². The lowest BCUT2D eigenvalue weighted by Crippen LogP contribution is -2.09. The molecule has 0 aromatic heterocycles. The number of aryl methyl sites for hydroxylation is 1. The molecule has 0 amide bonds. The zero-order valence-electron chi connectivity index (χ0n) is 11.1. The van der Waals surface area contributed by atoms with Crippen LogP contribution in [0.5, 0.6) is 5.75 Å². The van der Waals surface area contributed by atoms with E-state index in [4.69, 9.17) is 11.6 Å². The van der Waals surface area contributed by atoms with Gasteiger partial charge in [-0.2, -0.15) is 5.10 Å². The molecule has 0 bridgehead atoms. The lowest BCUT2D eigenvalue weighted by molar-refractivity contribution is 0.474. The first-order valence-corrected chi connectivity index (χ1v) is 6.89. The van der Waals surface area contributed by atoms with Gasteiger partial charge in [0.2, 0.25) is 0 Å². The van der Waals surface area contributed by atoms with E-state index in [0.29, 0.717) is 0 Å². The van der Waals surface area contributed by atoms with Crippen molar-refractivity contribution in [3.63, 3.8) is 0 Å². The van der Waals surface area contributed by atoms with E-state index in [0.717, 1.165) is 33.8 Å². The third-order valence-corrected chi connectivity index (χ3v) is 3.70. The van der Waals surface area contributed by atoms with Crippen LogP contribution in [0.3, 0.4) is 0 Å². The van der Waals surface area contributed by atoms with Gasteiger partial charge in [0.05, 0.1) is 11.8 Å². The van der Waals surface area contributed by atoms with Crippen LogP contribution in [0.15, 0.2) is 47.6 Å². The van der Waals surface area contributed by atoms with E-state index in [9.17, 15) is 5.11 Å². The number of phenols is 1. The van der Waals surface area contributed by atoms with Crippen LogP contribution in [0.2, 0.25) is 5.02 Å². The molecule has 2 aromatic rings. The van der Waals surface area contributed by atoms with Gasteiger partial charge >= 0.3 is 0 Å². The lowest BCUT2D eigenvalue weighted by atomic mass is 9.98. The van der Waals surface area contributed by atoms with Crippen LogP contribution in [0.4, 0.5) is 0 Å². The average Bonchev–Trinajstić information content (AvgIpc) is 2.91. The van der Waals surface area contributed by atoms with E-state index < -0.39 is 0 Å². The first-order chi connectivity index (χ1) is 9.63. The maximum atomic E-state index is 9.97. The Balaban J connectivity index is 1.84. The van der Waals surface area contributed by atoms with Crippen molar-refractivity contribution >= 4 is 17.3 Å². The Hall–Kier alpha value is -2.00. The Bertz CT molecular complexity index is 682. The number of hydrogen-bond donors (Lipinski definition) is 2. The predicted molar refractivity (Wildman–Crippen MR) is 81.3 cm³/mol. The second-order valence-corrected chi connectivity index (χ2v) is 5.46. The van der Waals surface area contributed by atoms with Gasteiger partial charge in [-0.3, -0.25) is 0 Å². The molecule has 1 aliphatic heterocycles. The van der Waals surface area contributed by atoms with Gasteiger partial charge in [-0.1, -0.05) is 35.4 Å². The smallest absolute Gasteiger partial charge is 0.124 e. The van der Waals surface area contributed by atoms with E-state index in [1.807, 2.05) is 43.3 Å². The van der Waals surface area contributed by atoms with Crippen LogP contribution in [0, 0.1) is 6.92 Å². The highest BCUT2D eigenvalue weighted by atomic mass is 35.5. The summed E-state index contributed by atoms with van der Waals surface area (Å²) in [5.74, 6) is 0.267. The average molecular weight is 287 g/mol. The van der Waals surface area contributed by atoms with Crippen LogP contribution < -0.4 is 5.43 Å². The first kappa shape index (κ1) is 13.0. The van der Waals surface area contributed by atoms with Crippen LogP contribution in [0.1, 0.15) is 29.2 Å². The number of nitrogens with one attached hydrogen (secondary N) is 1. The molecule has 1 aliphatic rings. The zero-order valence-corrected chi connectivity index (χ0v) is 11.9. The minimum absolute atomic E-state index is 0.101. The molecule has 102 valence electrons. The summed E-state index contributed by atoms with van der Waals surface area (Å²) in [7, 11) is 0. The predicted octanol–water partition coefficient (Wildman–Crippen LogP) is 3.79. The number of hydrogen-bond acceptors (Lipinski definition) is 3. The molecule has 0 fully saturated rings. The van der Waals surface area contributed by atoms with E-state index in [1.54, 1.807) is 6.07 Å². The summed E-state index contributed by atoms with van der Waals surface area (Å²) >= 11 is 6.02. The largest absolute Gasteiger partial charge is 0.507 e. The Morgan fingerprint density at radius 3 is 2.90 bits per heavy atom. The van der Waals surface area contributed by atoms with Crippen molar-refractivity contribution in [1.82, 2.24) is 5.43 Å². The summed E-state index contributed by atoms with van der Waals surface area (Å²) in [6, 6.07) is 13.4. The maximum Gasteiger partial charge on any atom is 0.124 e. The summed E-state index contributed by atoms with van der Waals surface area (Å²) in [6.07, 6.45) is 0.733. The highest BCUT2D eigenvalue weighted by molar-refractivity contribution is 6.30. The number of rotatable bonds is 2. The maximum absolute atomic E-state index is 9.97. The van der Waals surface area contributed by atoms with Crippen molar-refractivity contribution in [2.75, 3.05) is 0 Å². The summed E-state index contributed by atoms with van der Waals surface area (Å²) in [5.41, 5.74) is 6.98. The first-order valence-electron chi connectivity index (χ1n) is 6.51. The highest BCUT2D eigenvalue weighted by Gasteiger charge is 2.23. The second-order valence-electron chi connectivity index (χ2n) is 5.02. The van der Waals surface area contributed by atoms with Gasteiger partial charge in [0.15, 0.2) is 0 Å². The molecule has 0 aliphatic carbocycles. The summed E-state index contributed by atoms with van der Waals surface area (Å²) in [5, 5.41) is 15.0. The molecule has 2 aromatic carbocycles. The zero-order chi connectivity index (χ0) is 14.1. The van der Waals surface area contributed by atoms with Gasteiger partial charge in [0.1, 0.15) is 5.75 Å². The molecule has 3 nitrogen and oxygen atoms in total. The van der Waals surface area contributed by atoms with Crippen LogP contribution in [-0.4, -0.2) is 10.8 Å². The third-order valence-electron chi connectivity index (χ3n) is 3.47. The highest BCUT2D eigenvalue weighted by Crippen LogP contribution is 2.29. The van der Waals surface area contributed by atoms with Gasteiger partial charge in [0.25, 0.3) is 0 Å². The fourth-order valence-electron chi connectivity index (χ4n) is 2.41. The number of hydrazone groups is 1. The minimum Gasteiger partial charge on any atom is -0.507 e. The van der Waals surface area contributed by atoms with E-state index in [-0.39, 0.29) is 11.8 Å². The molecule has 0 spiro atoms. The number of phenolic OH excluding ortho intramolecular Hbond substituents is 1. The van der Waals surface area contributed by atoms with Gasteiger partial charge < -0.3 is 10.5 Å². The molecule has 1 unspecified atom stereocenters. The molecule has 2 N–H and O–H groups in total. The monoisotopic (exact) mass is 286 g/mol. The summed E-state index contributed by atoms with van der Waals surface area (Å²) < 4.78 is 0. The number of benzene rings is 2. The Labute approximate surface area is 122 Å². The van der Waals surface area contributed by atoms with Crippen molar-refractivity contribution in [1.29, 1.82) is 0 Å². The van der Waals surface area contributed by atoms with Crippen LogP contribution >= 0.6 is 11.6 Å². The summed E-state index contributed by atoms with van der Waals surface area (Å²) in [4.78, 5) is 0. The molecular formula is C16H15ClN2O. The van der Waals surface area contributed by atoms with Crippen LogP contribution in [0.25, 0.3) is 0 Å². The molecule has 3 rings (SSSR count). The molecule has 0 saturated heterocycles. The van der Waals surface area contributed by atoms with Crippen molar-refractivity contribution in [3.05, 3.63) is 64.2 Å². The second kappa shape index (κ2) is 5.17. The molecule has 0 saturated carbocycles. The van der Waals surface area contributed by atoms with Gasteiger partial charge in [-0.05, 0) is 36.8 Å². The molecule has 1 heterocycles. The van der Waals surface area contributed by atoms with E-state index in [2.05, 4.69) is 10.5 Å². The van der Waals surface area contributed by atoms with Crippen molar-refractivity contribution in [2.45, 2.75) is 19.4 Å². The van der Waals surface area contributed by atoms with Crippen LogP contribution in [-0.2, 0) is 0 Å². The molecule has 20 heavy (non-hydrogen) atoms. The quantitative estimate of drug-likeness (QED) is 0.882. The van der Waals surface area contributed by atoms with Crippen molar-refractivity contribution in [3.8, 4) is 5.75 Å². The van der Waals surface area contributed by atoms with E-state index >= 15 is 0 Å². The molecule has 0 radical (unpaired) electrons. The summed E-state index contributed by atoms with van der Waals surface area (Å²) in [6.45, 7) is 2.00. The number of halogens is 1. The number of aromatic hydroxyl groups is 1. The fraction of sp³-hybridized carbons (Fsp3) is 0.188. The Kier molecular flexibility index (Phi) is 3.36. The van der Waals surface area contributed by atoms with Gasteiger partial charge in [-0.25, -0.2) is 0 Å². The SMILES string of the molecule is Cc1ccc(O)c(C2=NNC(c3cccc(Cl)c3)C2)c1. The topological polar surface area (TPSA) is 44.6 Å². The van der Waals surface area contributed by atoms with Gasteiger partial charge in [0, 0.05) is 17.0 Å². The lowest BCUT2D eigenvalue weighted by Gasteiger charge is -2.10. The normalized spacial score (nSPS) is 17.7. The standard InChI is InChI=1S/C16H15ClN2O/c1-10-5-6-16(20)13(7-10)15-9-14(18-19-15)11-3-2-4-12(17)8-11/h2-8,14,18,20H,9H2,1H3. The van der Waals surface area contributed by atoms with Gasteiger partial charge in [-0.15, -0.1) is 0 Å². The molecule has 1 atom stereocenters. The van der Waals surface area contributed by atoms with E-state index in [1.165, 1.54) is 0 Å². The minimum atomic E-state index is 0.101. The molecular weight excluding hydrogens is 272 g/mol. The Morgan fingerprint density at radius 2 is 2.10 bits per heavy atom.